The minimum atomic E-state index is -4.16. The fourth-order valence-corrected chi connectivity index (χ4v) is 1.64. The molecular formula is C10H17F3N4S. The van der Waals surface area contributed by atoms with Crippen LogP contribution in [0.5, 0.6) is 0 Å². The van der Waals surface area contributed by atoms with Crippen molar-refractivity contribution in [2.24, 2.45) is 0 Å². The van der Waals surface area contributed by atoms with Crippen LogP contribution in [0.15, 0.2) is 6.20 Å². The molecule has 0 aliphatic heterocycles. The Morgan fingerprint density at radius 2 is 2.00 bits per heavy atom. The van der Waals surface area contributed by atoms with Gasteiger partial charge in [0.05, 0.1) is 17.4 Å². The van der Waals surface area contributed by atoms with Crippen molar-refractivity contribution in [2.45, 2.75) is 38.4 Å². The highest BCUT2D eigenvalue weighted by molar-refractivity contribution is 8.00. The Morgan fingerprint density at radius 1 is 1.33 bits per heavy atom. The van der Waals surface area contributed by atoms with Gasteiger partial charge in [0.2, 0.25) is 0 Å². The molecule has 0 amide bonds. The summed E-state index contributed by atoms with van der Waals surface area (Å²) in [6, 6.07) is 0. The van der Waals surface area contributed by atoms with Crippen LogP contribution in [-0.2, 0) is 12.1 Å². The first kappa shape index (κ1) is 15.3. The summed E-state index contributed by atoms with van der Waals surface area (Å²) in [5, 5.41) is 10.8. The molecular weight excluding hydrogens is 265 g/mol. The van der Waals surface area contributed by atoms with Crippen molar-refractivity contribution in [3.05, 3.63) is 11.9 Å². The lowest BCUT2D eigenvalue weighted by Gasteiger charge is -2.17. The molecule has 0 radical (unpaired) electrons. The van der Waals surface area contributed by atoms with E-state index in [1.165, 1.54) is 0 Å². The molecule has 0 saturated heterocycles. The molecule has 1 aromatic rings. The molecule has 0 aliphatic rings. The van der Waals surface area contributed by atoms with Gasteiger partial charge >= 0.3 is 5.51 Å². The van der Waals surface area contributed by atoms with Crippen molar-refractivity contribution in [3.8, 4) is 0 Å². The zero-order chi connectivity index (χ0) is 13.8. The van der Waals surface area contributed by atoms with Crippen LogP contribution in [0, 0.1) is 0 Å². The summed E-state index contributed by atoms with van der Waals surface area (Å²) in [5.41, 5.74) is -3.57. The SMILES string of the molecule is CC(C)(C)n1cc(CNCCSC(F)(F)F)nn1. The molecule has 0 spiro atoms. The number of aromatic nitrogens is 3. The number of nitrogens with zero attached hydrogens (tertiary/aromatic N) is 3. The predicted octanol–water partition coefficient (Wildman–Crippen LogP) is 2.38. The van der Waals surface area contributed by atoms with Gasteiger partial charge in [0.1, 0.15) is 0 Å². The van der Waals surface area contributed by atoms with E-state index in [9.17, 15) is 13.2 Å². The molecule has 104 valence electrons. The average molecular weight is 282 g/mol. The highest BCUT2D eigenvalue weighted by atomic mass is 32.2. The van der Waals surface area contributed by atoms with Crippen molar-refractivity contribution in [3.63, 3.8) is 0 Å². The molecule has 0 unspecified atom stereocenters. The highest BCUT2D eigenvalue weighted by Crippen LogP contribution is 2.29. The number of thioether (sulfide) groups is 1. The summed E-state index contributed by atoms with van der Waals surface area (Å²) in [4.78, 5) is 0. The van der Waals surface area contributed by atoms with Gasteiger partial charge in [-0.15, -0.1) is 5.10 Å². The molecule has 0 fully saturated rings. The van der Waals surface area contributed by atoms with Crippen molar-refractivity contribution >= 4 is 11.8 Å². The first-order valence-electron chi connectivity index (χ1n) is 5.51. The second kappa shape index (κ2) is 5.92. The Hall–Kier alpha value is -0.760. The monoisotopic (exact) mass is 282 g/mol. The molecule has 18 heavy (non-hydrogen) atoms. The maximum Gasteiger partial charge on any atom is 0.441 e. The van der Waals surface area contributed by atoms with Gasteiger partial charge in [0.15, 0.2) is 0 Å². The number of nitrogens with one attached hydrogen (secondary N) is 1. The third kappa shape index (κ3) is 5.72. The minimum absolute atomic E-state index is 0.00307. The Bertz CT molecular complexity index is 370. The highest BCUT2D eigenvalue weighted by Gasteiger charge is 2.27. The zero-order valence-electron chi connectivity index (χ0n) is 10.6. The fourth-order valence-electron chi connectivity index (χ4n) is 1.16. The van der Waals surface area contributed by atoms with Gasteiger partial charge in [-0.05, 0) is 32.5 Å². The molecule has 0 bridgehead atoms. The van der Waals surface area contributed by atoms with Crippen LogP contribution in [0.4, 0.5) is 13.2 Å². The number of hydrogen-bond acceptors (Lipinski definition) is 4. The van der Waals surface area contributed by atoms with Crippen molar-refractivity contribution in [1.82, 2.24) is 20.3 Å². The van der Waals surface area contributed by atoms with Crippen LogP contribution < -0.4 is 5.32 Å². The fraction of sp³-hybridized carbons (Fsp3) is 0.800. The van der Waals surface area contributed by atoms with Gasteiger partial charge in [-0.1, -0.05) is 5.21 Å². The zero-order valence-corrected chi connectivity index (χ0v) is 11.4. The number of rotatable bonds is 5. The lowest BCUT2D eigenvalue weighted by atomic mass is 10.1. The second-order valence-corrected chi connectivity index (χ2v) is 5.96. The van der Waals surface area contributed by atoms with Gasteiger partial charge in [-0.25, -0.2) is 4.68 Å². The molecule has 1 aromatic heterocycles. The summed E-state index contributed by atoms with van der Waals surface area (Å²) >= 11 is -0.0256. The third-order valence-corrected chi connectivity index (χ3v) is 2.81. The number of alkyl halides is 3. The van der Waals surface area contributed by atoms with E-state index in [4.69, 9.17) is 0 Å². The second-order valence-electron chi connectivity index (χ2n) is 4.80. The molecule has 0 saturated carbocycles. The van der Waals surface area contributed by atoms with Gasteiger partial charge in [-0.2, -0.15) is 13.2 Å². The van der Waals surface area contributed by atoms with Gasteiger partial charge in [0.25, 0.3) is 0 Å². The predicted molar refractivity (Wildman–Crippen MR) is 65.2 cm³/mol. The number of halogens is 3. The van der Waals surface area contributed by atoms with E-state index in [-0.39, 0.29) is 29.6 Å². The van der Waals surface area contributed by atoms with Crippen molar-refractivity contribution < 1.29 is 13.2 Å². The molecule has 1 rings (SSSR count). The van der Waals surface area contributed by atoms with Gasteiger partial charge < -0.3 is 5.32 Å². The maximum atomic E-state index is 11.8. The van der Waals surface area contributed by atoms with E-state index in [2.05, 4.69) is 15.6 Å². The van der Waals surface area contributed by atoms with E-state index in [0.29, 0.717) is 6.54 Å². The topological polar surface area (TPSA) is 42.7 Å². The molecule has 4 nitrogen and oxygen atoms in total. The lowest BCUT2D eigenvalue weighted by molar-refractivity contribution is -0.0327. The molecule has 1 N–H and O–H groups in total. The van der Waals surface area contributed by atoms with E-state index < -0.39 is 5.51 Å². The smallest absolute Gasteiger partial charge is 0.310 e. The summed E-state index contributed by atoms with van der Waals surface area (Å²) in [6.45, 7) is 6.71. The molecule has 0 aromatic carbocycles. The Labute approximate surface area is 108 Å². The van der Waals surface area contributed by atoms with E-state index in [0.717, 1.165) is 5.69 Å². The van der Waals surface area contributed by atoms with Gasteiger partial charge in [0, 0.05) is 18.8 Å². The summed E-state index contributed by atoms with van der Waals surface area (Å²) in [5.74, 6) is -0.00307. The number of hydrogen-bond donors (Lipinski definition) is 1. The standard InChI is InChI=1S/C10H17F3N4S/c1-9(2,3)17-7-8(15-16-17)6-14-4-5-18-10(11,12)13/h7,14H,4-6H2,1-3H3. The largest absolute Gasteiger partial charge is 0.441 e. The summed E-state index contributed by atoms with van der Waals surface area (Å²) < 4.78 is 37.3. The molecule has 0 atom stereocenters. The van der Waals surface area contributed by atoms with Gasteiger partial charge in [-0.3, -0.25) is 0 Å². The van der Waals surface area contributed by atoms with Crippen LogP contribution in [0.2, 0.25) is 0 Å². The molecule has 0 aliphatic carbocycles. The average Bonchev–Trinajstić information content (AvgIpc) is 2.63. The van der Waals surface area contributed by atoms with Crippen molar-refractivity contribution in [2.75, 3.05) is 12.3 Å². The van der Waals surface area contributed by atoms with E-state index >= 15 is 0 Å². The summed E-state index contributed by atoms with van der Waals surface area (Å²) in [7, 11) is 0. The quantitative estimate of drug-likeness (QED) is 0.842. The molecule has 8 heteroatoms. The van der Waals surface area contributed by atoms with Crippen LogP contribution in [-0.4, -0.2) is 32.8 Å². The molecule has 1 heterocycles. The van der Waals surface area contributed by atoms with Crippen LogP contribution in [0.25, 0.3) is 0 Å². The van der Waals surface area contributed by atoms with Crippen molar-refractivity contribution in [1.29, 1.82) is 0 Å². The first-order valence-corrected chi connectivity index (χ1v) is 6.50. The maximum absolute atomic E-state index is 11.8. The van der Waals surface area contributed by atoms with Crippen LogP contribution in [0.1, 0.15) is 26.5 Å². The minimum Gasteiger partial charge on any atom is -0.310 e. The Kier molecular flexibility index (Phi) is 5.03. The normalized spacial score (nSPS) is 13.0. The lowest BCUT2D eigenvalue weighted by Crippen LogP contribution is -2.22. The van der Waals surface area contributed by atoms with E-state index in [1.54, 1.807) is 10.9 Å². The van der Waals surface area contributed by atoms with E-state index in [1.807, 2.05) is 20.8 Å². The first-order chi connectivity index (χ1) is 8.18. The van der Waals surface area contributed by atoms with Crippen LogP contribution >= 0.6 is 11.8 Å². The summed E-state index contributed by atoms with van der Waals surface area (Å²) in [6.07, 6.45) is 1.80. The Balaban J connectivity index is 2.26. The third-order valence-electron chi connectivity index (χ3n) is 2.08. The van der Waals surface area contributed by atoms with Crippen LogP contribution in [0.3, 0.4) is 0 Å². The Morgan fingerprint density at radius 3 is 2.50 bits per heavy atom.